The summed E-state index contributed by atoms with van der Waals surface area (Å²) in [5, 5.41) is 2.58. The number of methoxy groups -OCH3 is 1. The van der Waals surface area contributed by atoms with Crippen LogP contribution in [-0.2, 0) is 21.3 Å². The summed E-state index contributed by atoms with van der Waals surface area (Å²) in [5.41, 5.74) is 0.470. The summed E-state index contributed by atoms with van der Waals surface area (Å²) in [6.45, 7) is 0.330. The molecule has 140 valence electrons. The predicted molar refractivity (Wildman–Crippen MR) is 98.8 cm³/mol. The molecule has 6 nitrogen and oxygen atoms in total. The summed E-state index contributed by atoms with van der Waals surface area (Å²) >= 11 is 3.23. The van der Waals surface area contributed by atoms with E-state index in [1.807, 2.05) is 0 Å². The molecule has 0 radical (unpaired) electrons. The largest absolute Gasteiger partial charge is 0.383 e. The van der Waals surface area contributed by atoms with Crippen molar-refractivity contribution in [2.45, 2.75) is 11.4 Å². The lowest BCUT2D eigenvalue weighted by atomic mass is 10.2. The number of rotatable bonds is 8. The molecule has 0 aliphatic carbocycles. The maximum absolute atomic E-state index is 13.6. The second-order valence-corrected chi connectivity index (χ2v) is 7.93. The minimum atomic E-state index is -3.77. The molecular formula is C17H18BrFN2O4S. The van der Waals surface area contributed by atoms with Gasteiger partial charge in [-0.15, -0.1) is 0 Å². The van der Waals surface area contributed by atoms with Crippen LogP contribution in [0, 0.1) is 5.82 Å². The average molecular weight is 445 g/mol. The molecule has 2 aromatic rings. The molecular weight excluding hydrogens is 427 g/mol. The Kier molecular flexibility index (Phi) is 7.27. The number of sulfonamides is 1. The zero-order valence-electron chi connectivity index (χ0n) is 14.0. The number of hydrogen-bond acceptors (Lipinski definition) is 4. The van der Waals surface area contributed by atoms with Gasteiger partial charge < -0.3 is 10.1 Å². The average Bonchev–Trinajstić information content (AvgIpc) is 2.61. The van der Waals surface area contributed by atoms with Crippen molar-refractivity contribution in [3.05, 3.63) is 63.9 Å². The van der Waals surface area contributed by atoms with E-state index in [0.29, 0.717) is 10.0 Å². The van der Waals surface area contributed by atoms with E-state index in [9.17, 15) is 17.6 Å². The molecule has 0 aromatic heterocycles. The second kappa shape index (κ2) is 9.22. The van der Waals surface area contributed by atoms with Gasteiger partial charge in [0.05, 0.1) is 17.1 Å². The first-order valence-corrected chi connectivity index (χ1v) is 9.92. The summed E-state index contributed by atoms with van der Waals surface area (Å²) < 4.78 is 45.8. The summed E-state index contributed by atoms with van der Waals surface area (Å²) in [4.78, 5) is 12.3. The summed E-state index contributed by atoms with van der Waals surface area (Å²) in [6.07, 6.45) is 0. The molecule has 0 saturated carbocycles. The van der Waals surface area contributed by atoms with E-state index in [1.54, 1.807) is 18.2 Å². The molecule has 2 aromatic carbocycles. The molecule has 0 saturated heterocycles. The van der Waals surface area contributed by atoms with Crippen molar-refractivity contribution < 1.29 is 22.3 Å². The van der Waals surface area contributed by atoms with Crippen LogP contribution in [0.3, 0.4) is 0 Å². The Balaban J connectivity index is 2.16. The molecule has 0 atom stereocenters. The number of carbonyl (C=O) groups excluding carboxylic acids is 1. The van der Waals surface area contributed by atoms with Crippen LogP contribution in [0.1, 0.15) is 15.9 Å². The van der Waals surface area contributed by atoms with Crippen LogP contribution >= 0.6 is 15.9 Å². The molecule has 0 fully saturated rings. The smallest absolute Gasteiger partial charge is 0.252 e. The first-order chi connectivity index (χ1) is 12.3. The van der Waals surface area contributed by atoms with Gasteiger partial charge in [-0.3, -0.25) is 4.79 Å². The third-order valence-electron chi connectivity index (χ3n) is 3.49. The highest BCUT2D eigenvalue weighted by atomic mass is 79.9. The van der Waals surface area contributed by atoms with Crippen LogP contribution in [0.2, 0.25) is 0 Å². The van der Waals surface area contributed by atoms with E-state index in [4.69, 9.17) is 4.74 Å². The first-order valence-electron chi connectivity index (χ1n) is 7.65. The molecule has 1 amide bonds. The molecule has 0 bridgehead atoms. The summed E-state index contributed by atoms with van der Waals surface area (Å²) in [5.74, 6) is -0.945. The highest BCUT2D eigenvalue weighted by Crippen LogP contribution is 2.21. The number of halogens is 2. The zero-order chi connectivity index (χ0) is 19.2. The maximum atomic E-state index is 13.6. The van der Waals surface area contributed by atoms with Crippen molar-refractivity contribution in [1.82, 2.24) is 10.0 Å². The van der Waals surface area contributed by atoms with E-state index in [2.05, 4.69) is 26.0 Å². The lowest BCUT2D eigenvalue weighted by molar-refractivity contribution is 0.0949. The van der Waals surface area contributed by atoms with Gasteiger partial charge in [0.2, 0.25) is 10.0 Å². The Morgan fingerprint density at radius 3 is 2.65 bits per heavy atom. The van der Waals surface area contributed by atoms with Crippen molar-refractivity contribution >= 4 is 31.9 Å². The zero-order valence-corrected chi connectivity index (χ0v) is 16.4. The SMILES string of the molecule is COCCNS(=O)(=O)c1ccc(Br)c(C(=O)NCc2ccccc2F)c1. The van der Waals surface area contributed by atoms with E-state index in [1.165, 1.54) is 31.4 Å². The Labute approximate surface area is 159 Å². The molecule has 0 aliphatic rings. The standard InChI is InChI=1S/C17H18BrFN2O4S/c1-25-9-8-21-26(23,24)13-6-7-15(18)14(10-13)17(22)20-11-12-4-2-3-5-16(12)19/h2-7,10,21H,8-9,11H2,1H3,(H,20,22). The molecule has 26 heavy (non-hydrogen) atoms. The number of nitrogens with one attached hydrogen (secondary N) is 2. The lowest BCUT2D eigenvalue weighted by Crippen LogP contribution is -2.28. The molecule has 2 N–H and O–H groups in total. The van der Waals surface area contributed by atoms with Crippen LogP contribution in [0.5, 0.6) is 0 Å². The van der Waals surface area contributed by atoms with Crippen LogP contribution < -0.4 is 10.0 Å². The Hall–Kier alpha value is -1.81. The Bertz CT molecular complexity index is 890. The maximum Gasteiger partial charge on any atom is 0.252 e. The van der Waals surface area contributed by atoms with Crippen LogP contribution in [0.25, 0.3) is 0 Å². The fourth-order valence-electron chi connectivity index (χ4n) is 2.12. The monoisotopic (exact) mass is 444 g/mol. The number of hydrogen-bond donors (Lipinski definition) is 2. The first kappa shape index (κ1) is 20.5. The van der Waals surface area contributed by atoms with Gasteiger partial charge in [0.25, 0.3) is 5.91 Å². The quantitative estimate of drug-likeness (QED) is 0.612. The normalized spacial score (nSPS) is 11.3. The minimum absolute atomic E-state index is 0.0129. The Morgan fingerprint density at radius 2 is 1.96 bits per heavy atom. The van der Waals surface area contributed by atoms with Crippen molar-refractivity contribution in [2.75, 3.05) is 20.3 Å². The number of benzene rings is 2. The third kappa shape index (κ3) is 5.34. The van der Waals surface area contributed by atoms with E-state index in [-0.39, 0.29) is 30.2 Å². The minimum Gasteiger partial charge on any atom is -0.383 e. The van der Waals surface area contributed by atoms with Crippen molar-refractivity contribution in [1.29, 1.82) is 0 Å². The number of ether oxygens (including phenoxy) is 1. The highest BCUT2D eigenvalue weighted by molar-refractivity contribution is 9.10. The fourth-order valence-corrected chi connectivity index (χ4v) is 3.59. The van der Waals surface area contributed by atoms with Crippen molar-refractivity contribution in [2.24, 2.45) is 0 Å². The Morgan fingerprint density at radius 1 is 1.23 bits per heavy atom. The van der Waals surface area contributed by atoms with Crippen LogP contribution in [0.4, 0.5) is 4.39 Å². The molecule has 0 aliphatic heterocycles. The summed E-state index contributed by atoms with van der Waals surface area (Å²) in [7, 11) is -2.31. The second-order valence-electron chi connectivity index (χ2n) is 5.31. The van der Waals surface area contributed by atoms with E-state index >= 15 is 0 Å². The van der Waals surface area contributed by atoms with Crippen LogP contribution in [-0.4, -0.2) is 34.6 Å². The van der Waals surface area contributed by atoms with Gasteiger partial charge in [0, 0.05) is 30.2 Å². The van der Waals surface area contributed by atoms with E-state index < -0.39 is 21.7 Å². The van der Waals surface area contributed by atoms with Crippen molar-refractivity contribution in [3.63, 3.8) is 0 Å². The van der Waals surface area contributed by atoms with Gasteiger partial charge in [0.15, 0.2) is 0 Å². The van der Waals surface area contributed by atoms with Gasteiger partial charge in [-0.25, -0.2) is 17.5 Å². The molecule has 0 unspecified atom stereocenters. The van der Waals surface area contributed by atoms with Crippen LogP contribution in [0.15, 0.2) is 51.8 Å². The molecule has 0 spiro atoms. The van der Waals surface area contributed by atoms with Gasteiger partial charge in [0.1, 0.15) is 5.82 Å². The fraction of sp³-hybridized carbons (Fsp3) is 0.235. The highest BCUT2D eigenvalue weighted by Gasteiger charge is 2.18. The van der Waals surface area contributed by atoms with Gasteiger partial charge in [-0.1, -0.05) is 18.2 Å². The predicted octanol–water partition coefficient (Wildman–Crippen LogP) is 2.44. The van der Waals surface area contributed by atoms with Gasteiger partial charge in [-0.2, -0.15) is 0 Å². The number of amides is 1. The third-order valence-corrected chi connectivity index (χ3v) is 5.64. The molecule has 2 rings (SSSR count). The lowest BCUT2D eigenvalue weighted by Gasteiger charge is -2.11. The molecule has 9 heteroatoms. The molecule has 0 heterocycles. The van der Waals surface area contributed by atoms with Gasteiger partial charge >= 0.3 is 0 Å². The van der Waals surface area contributed by atoms with Crippen molar-refractivity contribution in [3.8, 4) is 0 Å². The number of carbonyl (C=O) groups is 1. The summed E-state index contributed by atoms with van der Waals surface area (Å²) in [6, 6.07) is 10.2. The van der Waals surface area contributed by atoms with Gasteiger partial charge in [-0.05, 0) is 40.2 Å². The topological polar surface area (TPSA) is 84.5 Å². The van der Waals surface area contributed by atoms with E-state index in [0.717, 1.165) is 0 Å².